The molecule has 70 valence electrons. The van der Waals surface area contributed by atoms with Crippen molar-refractivity contribution in [1.29, 1.82) is 0 Å². The Morgan fingerprint density at radius 1 is 1.31 bits per heavy atom. The van der Waals surface area contributed by atoms with Crippen LogP contribution in [0.4, 0.5) is 0 Å². The van der Waals surface area contributed by atoms with E-state index in [1.54, 1.807) is 0 Å². The third kappa shape index (κ3) is 1.75. The Kier molecular flexibility index (Phi) is 2.36. The fourth-order valence-electron chi connectivity index (χ4n) is 1.86. The molecule has 0 spiro atoms. The van der Waals surface area contributed by atoms with Crippen molar-refractivity contribution in [2.75, 3.05) is 6.61 Å². The Balaban J connectivity index is 2.07. The van der Waals surface area contributed by atoms with Gasteiger partial charge in [-0.3, -0.25) is 0 Å². The van der Waals surface area contributed by atoms with E-state index < -0.39 is 0 Å². The van der Waals surface area contributed by atoms with Gasteiger partial charge in [0.2, 0.25) is 0 Å². The fraction of sp³-hybridized carbons (Fsp3) is 0.500. The van der Waals surface area contributed by atoms with Gasteiger partial charge < -0.3 is 5.11 Å². The molecular weight excluding hydrogens is 160 g/mol. The molecule has 1 aromatic carbocycles. The highest BCUT2D eigenvalue weighted by molar-refractivity contribution is 5.29. The average Bonchev–Trinajstić information content (AvgIpc) is 2.97. The van der Waals surface area contributed by atoms with Crippen LogP contribution in [0.2, 0.25) is 0 Å². The van der Waals surface area contributed by atoms with Crippen LogP contribution in [0.1, 0.15) is 30.4 Å². The highest BCUT2D eigenvalue weighted by Gasteiger charge is 2.37. The number of hydrogen-bond donors (Lipinski definition) is 1. The summed E-state index contributed by atoms with van der Waals surface area (Å²) in [7, 11) is 0. The molecule has 1 N–H and O–H groups in total. The Bertz CT molecular complexity index is 276. The molecule has 0 unspecified atom stereocenters. The van der Waals surface area contributed by atoms with Gasteiger partial charge >= 0.3 is 0 Å². The highest BCUT2D eigenvalue weighted by Crippen LogP contribution is 2.46. The van der Waals surface area contributed by atoms with Gasteiger partial charge in [0.05, 0.1) is 0 Å². The summed E-state index contributed by atoms with van der Waals surface area (Å²) in [5, 5.41) is 8.94. The van der Waals surface area contributed by atoms with Crippen LogP contribution in [-0.2, 0) is 6.42 Å². The van der Waals surface area contributed by atoms with Crippen LogP contribution in [0, 0.1) is 5.92 Å². The summed E-state index contributed by atoms with van der Waals surface area (Å²) in [5.74, 6) is 1.17. The lowest BCUT2D eigenvalue weighted by molar-refractivity contribution is 0.274. The van der Waals surface area contributed by atoms with Crippen molar-refractivity contribution in [3.8, 4) is 0 Å². The Morgan fingerprint density at radius 2 is 2.00 bits per heavy atom. The number of hydrogen-bond acceptors (Lipinski definition) is 1. The molecule has 0 radical (unpaired) electrons. The van der Waals surface area contributed by atoms with Gasteiger partial charge in [0, 0.05) is 6.61 Å². The summed E-state index contributed by atoms with van der Waals surface area (Å²) >= 11 is 0. The molecule has 0 aromatic heterocycles. The molecule has 0 amide bonds. The van der Waals surface area contributed by atoms with Gasteiger partial charge in [-0.25, -0.2) is 0 Å². The lowest BCUT2D eigenvalue weighted by atomic mass is 10.1. The largest absolute Gasteiger partial charge is 0.396 e. The van der Waals surface area contributed by atoms with Gasteiger partial charge in [-0.15, -0.1) is 0 Å². The number of aryl methyl sites for hydroxylation is 1. The van der Waals surface area contributed by atoms with E-state index in [0.29, 0.717) is 18.4 Å². The highest BCUT2D eigenvalue weighted by atomic mass is 16.3. The van der Waals surface area contributed by atoms with E-state index in [9.17, 15) is 0 Å². The Hall–Kier alpha value is -0.820. The van der Waals surface area contributed by atoms with E-state index in [1.807, 2.05) is 0 Å². The molecule has 1 fully saturated rings. The van der Waals surface area contributed by atoms with Crippen LogP contribution >= 0.6 is 0 Å². The third-order valence-electron chi connectivity index (χ3n) is 2.97. The first-order valence-corrected chi connectivity index (χ1v) is 5.05. The van der Waals surface area contributed by atoms with E-state index in [-0.39, 0.29) is 0 Å². The molecule has 1 aliphatic rings. The summed E-state index contributed by atoms with van der Waals surface area (Å²) in [5.41, 5.74) is 2.79. The predicted molar refractivity (Wildman–Crippen MR) is 53.8 cm³/mol. The predicted octanol–water partition coefficient (Wildman–Crippen LogP) is 2.34. The molecule has 13 heavy (non-hydrogen) atoms. The zero-order chi connectivity index (χ0) is 9.26. The topological polar surface area (TPSA) is 20.2 Å². The maximum absolute atomic E-state index is 8.94. The van der Waals surface area contributed by atoms with Crippen LogP contribution < -0.4 is 0 Å². The molecule has 2 rings (SSSR count). The van der Waals surface area contributed by atoms with E-state index in [1.165, 1.54) is 17.5 Å². The summed E-state index contributed by atoms with van der Waals surface area (Å²) in [6, 6.07) is 8.81. The lowest BCUT2D eigenvalue weighted by Gasteiger charge is -2.00. The molecule has 1 heteroatoms. The number of aliphatic hydroxyl groups is 1. The summed E-state index contributed by atoms with van der Waals surface area (Å²) in [4.78, 5) is 0. The van der Waals surface area contributed by atoms with E-state index in [0.717, 1.165) is 6.42 Å². The number of rotatable bonds is 3. The maximum Gasteiger partial charge on any atom is 0.0465 e. The average molecular weight is 176 g/mol. The number of aliphatic hydroxyl groups excluding tert-OH is 1. The molecule has 0 heterocycles. The van der Waals surface area contributed by atoms with Crippen molar-refractivity contribution in [2.45, 2.75) is 25.7 Å². The standard InChI is InChI=1S/C12H16O/c1-2-9-3-5-10(6-4-9)12-7-11(12)8-13/h3-6,11-13H,2,7-8H2,1H3/t11-,12-/m0/s1. The van der Waals surface area contributed by atoms with Crippen molar-refractivity contribution in [3.63, 3.8) is 0 Å². The van der Waals surface area contributed by atoms with Crippen molar-refractivity contribution < 1.29 is 5.11 Å². The van der Waals surface area contributed by atoms with Gasteiger partial charge in [-0.05, 0) is 35.8 Å². The molecule has 1 saturated carbocycles. The van der Waals surface area contributed by atoms with Crippen LogP contribution in [0.25, 0.3) is 0 Å². The van der Waals surface area contributed by atoms with Crippen molar-refractivity contribution in [2.24, 2.45) is 5.92 Å². The molecule has 2 atom stereocenters. The quantitative estimate of drug-likeness (QED) is 0.749. The second kappa shape index (κ2) is 3.51. The molecule has 1 aromatic rings. The SMILES string of the molecule is CCc1ccc([C@@H]2C[C@H]2CO)cc1. The minimum Gasteiger partial charge on any atom is -0.396 e. The lowest BCUT2D eigenvalue weighted by Crippen LogP contribution is -1.89. The van der Waals surface area contributed by atoms with Crippen LogP contribution in [0.5, 0.6) is 0 Å². The number of benzene rings is 1. The van der Waals surface area contributed by atoms with Gasteiger partial charge in [-0.2, -0.15) is 0 Å². The Labute approximate surface area is 79.4 Å². The smallest absolute Gasteiger partial charge is 0.0465 e. The minimum absolute atomic E-state index is 0.347. The molecule has 1 aliphatic carbocycles. The minimum atomic E-state index is 0.347. The van der Waals surface area contributed by atoms with Gasteiger partial charge in [0.1, 0.15) is 0 Å². The second-order valence-electron chi connectivity index (χ2n) is 3.88. The van der Waals surface area contributed by atoms with Gasteiger partial charge in [-0.1, -0.05) is 31.2 Å². The third-order valence-corrected chi connectivity index (χ3v) is 2.97. The maximum atomic E-state index is 8.94. The summed E-state index contributed by atoms with van der Waals surface area (Å²) < 4.78 is 0. The van der Waals surface area contributed by atoms with Crippen molar-refractivity contribution in [3.05, 3.63) is 35.4 Å². The zero-order valence-electron chi connectivity index (χ0n) is 8.03. The van der Waals surface area contributed by atoms with Crippen LogP contribution in [0.3, 0.4) is 0 Å². The van der Waals surface area contributed by atoms with Crippen molar-refractivity contribution >= 4 is 0 Å². The first kappa shape index (κ1) is 8.76. The molecule has 1 nitrogen and oxygen atoms in total. The van der Waals surface area contributed by atoms with Gasteiger partial charge in [0.15, 0.2) is 0 Å². The Morgan fingerprint density at radius 3 is 2.46 bits per heavy atom. The monoisotopic (exact) mass is 176 g/mol. The van der Waals surface area contributed by atoms with E-state index >= 15 is 0 Å². The van der Waals surface area contributed by atoms with Crippen molar-refractivity contribution in [1.82, 2.24) is 0 Å². The molecular formula is C12H16O. The normalized spacial score (nSPS) is 26.0. The molecule has 0 saturated heterocycles. The first-order chi connectivity index (χ1) is 6.35. The van der Waals surface area contributed by atoms with Crippen LogP contribution in [-0.4, -0.2) is 11.7 Å². The molecule has 0 aliphatic heterocycles. The zero-order valence-corrected chi connectivity index (χ0v) is 8.03. The van der Waals surface area contributed by atoms with E-state index in [2.05, 4.69) is 31.2 Å². The summed E-state index contributed by atoms with van der Waals surface area (Å²) in [6.07, 6.45) is 2.27. The second-order valence-corrected chi connectivity index (χ2v) is 3.88. The summed E-state index contributed by atoms with van der Waals surface area (Å²) in [6.45, 7) is 2.52. The molecule has 0 bridgehead atoms. The fourth-order valence-corrected chi connectivity index (χ4v) is 1.86. The van der Waals surface area contributed by atoms with Crippen LogP contribution in [0.15, 0.2) is 24.3 Å². The van der Waals surface area contributed by atoms with Gasteiger partial charge in [0.25, 0.3) is 0 Å². The van der Waals surface area contributed by atoms with E-state index in [4.69, 9.17) is 5.11 Å². The first-order valence-electron chi connectivity index (χ1n) is 5.05.